The summed E-state index contributed by atoms with van der Waals surface area (Å²) in [6.45, 7) is 0. The molecule has 3 heterocycles. The summed E-state index contributed by atoms with van der Waals surface area (Å²) in [7, 11) is 0. The van der Waals surface area contributed by atoms with Crippen LogP contribution in [-0.2, 0) is 0 Å². The van der Waals surface area contributed by atoms with E-state index in [0.29, 0.717) is 11.8 Å². The Bertz CT molecular complexity index is 902. The summed E-state index contributed by atoms with van der Waals surface area (Å²) >= 11 is 0. The molecule has 0 atom stereocenters. The van der Waals surface area contributed by atoms with Crippen molar-refractivity contribution in [3.63, 3.8) is 0 Å². The summed E-state index contributed by atoms with van der Waals surface area (Å²) in [5, 5.41) is 7.90. The number of aromatic nitrogens is 4. The second-order valence-corrected chi connectivity index (χ2v) is 4.80. The topological polar surface area (TPSA) is 63.7 Å². The molecule has 4 aromatic rings. The summed E-state index contributed by atoms with van der Waals surface area (Å²) in [6.07, 6.45) is 3.45. The largest absolute Gasteiger partial charge is 0.421 e. The van der Waals surface area contributed by atoms with Gasteiger partial charge in [0.05, 0.1) is 11.2 Å². The summed E-state index contributed by atoms with van der Waals surface area (Å²) < 4.78 is 5.71. The van der Waals surface area contributed by atoms with Gasteiger partial charge in [-0.15, -0.1) is 0 Å². The molecule has 0 aliphatic heterocycles. The number of fused-ring (bicyclic) bond motifs is 1. The first-order valence-electron chi connectivity index (χ1n) is 6.88. The predicted octanol–water partition coefficient (Wildman–Crippen LogP) is 3.81. The molecule has 3 aromatic heterocycles. The summed E-state index contributed by atoms with van der Waals surface area (Å²) in [6, 6.07) is 17.4. The van der Waals surface area contributed by atoms with Crippen LogP contribution in [0.15, 0.2) is 67.0 Å². The lowest BCUT2D eigenvalue weighted by Gasteiger charge is -2.05. The second-order valence-electron chi connectivity index (χ2n) is 4.80. The zero-order valence-electron chi connectivity index (χ0n) is 11.6. The van der Waals surface area contributed by atoms with Crippen LogP contribution in [0.25, 0.3) is 22.2 Å². The number of ether oxygens (including phenoxy) is 1. The highest BCUT2D eigenvalue weighted by atomic mass is 16.5. The van der Waals surface area contributed by atoms with Crippen LogP contribution in [0.3, 0.4) is 0 Å². The number of para-hydroxylation sites is 1. The minimum atomic E-state index is 0.506. The quantitative estimate of drug-likeness (QED) is 0.622. The molecule has 0 bridgehead atoms. The predicted molar refractivity (Wildman–Crippen MR) is 83.6 cm³/mol. The van der Waals surface area contributed by atoms with Gasteiger partial charge in [0.2, 0.25) is 11.8 Å². The standard InChI is InChI=1S/C17H12N4O/c1-2-4-14-12(3-1)5-8-17(20-14)22-16-7-6-13(11-18-16)15-9-10-19-21-15/h1-11H,(H,19,21). The molecule has 0 saturated carbocycles. The first-order valence-corrected chi connectivity index (χ1v) is 6.88. The van der Waals surface area contributed by atoms with E-state index in [2.05, 4.69) is 20.2 Å². The van der Waals surface area contributed by atoms with Crippen LogP contribution in [0.2, 0.25) is 0 Å². The maximum Gasteiger partial charge on any atom is 0.221 e. The molecular weight excluding hydrogens is 276 g/mol. The zero-order chi connectivity index (χ0) is 14.8. The number of hydrogen-bond donors (Lipinski definition) is 1. The molecule has 106 valence electrons. The molecule has 5 nitrogen and oxygen atoms in total. The van der Waals surface area contributed by atoms with Gasteiger partial charge < -0.3 is 4.74 Å². The van der Waals surface area contributed by atoms with Crippen LogP contribution in [0.5, 0.6) is 11.8 Å². The van der Waals surface area contributed by atoms with Crippen LogP contribution in [-0.4, -0.2) is 20.2 Å². The third kappa shape index (κ3) is 2.40. The van der Waals surface area contributed by atoms with Gasteiger partial charge in [-0.2, -0.15) is 5.10 Å². The molecule has 0 unspecified atom stereocenters. The molecule has 22 heavy (non-hydrogen) atoms. The van der Waals surface area contributed by atoms with Crippen LogP contribution >= 0.6 is 0 Å². The van der Waals surface area contributed by atoms with Crippen molar-refractivity contribution in [3.8, 4) is 23.0 Å². The van der Waals surface area contributed by atoms with Gasteiger partial charge in [0.25, 0.3) is 0 Å². The normalized spacial score (nSPS) is 10.7. The fourth-order valence-electron chi connectivity index (χ4n) is 2.23. The molecule has 1 aromatic carbocycles. The average molecular weight is 288 g/mol. The van der Waals surface area contributed by atoms with Crippen molar-refractivity contribution in [2.75, 3.05) is 0 Å². The minimum absolute atomic E-state index is 0.506. The molecule has 0 fully saturated rings. The van der Waals surface area contributed by atoms with E-state index in [-0.39, 0.29) is 0 Å². The smallest absolute Gasteiger partial charge is 0.221 e. The van der Waals surface area contributed by atoms with Crippen LogP contribution in [0.4, 0.5) is 0 Å². The molecule has 5 heteroatoms. The third-order valence-corrected chi connectivity index (χ3v) is 3.33. The number of aromatic amines is 1. The van der Waals surface area contributed by atoms with Crippen molar-refractivity contribution in [1.82, 2.24) is 20.2 Å². The van der Waals surface area contributed by atoms with Gasteiger partial charge in [-0.05, 0) is 24.3 Å². The maximum absolute atomic E-state index is 5.71. The Morgan fingerprint density at radius 2 is 1.77 bits per heavy atom. The number of nitrogens with one attached hydrogen (secondary N) is 1. The summed E-state index contributed by atoms with van der Waals surface area (Å²) in [4.78, 5) is 8.76. The Hall–Kier alpha value is -3.21. The Labute approximate surface area is 126 Å². The highest BCUT2D eigenvalue weighted by molar-refractivity contribution is 5.78. The Morgan fingerprint density at radius 1 is 0.864 bits per heavy atom. The SMILES string of the molecule is c1ccc2nc(Oc3ccc(-c4ccn[nH]4)cn3)ccc2c1. The van der Waals surface area contributed by atoms with Gasteiger partial charge in [-0.25, -0.2) is 9.97 Å². The number of pyridine rings is 2. The van der Waals surface area contributed by atoms with Crippen molar-refractivity contribution in [2.24, 2.45) is 0 Å². The number of nitrogens with zero attached hydrogens (tertiary/aromatic N) is 3. The fourth-order valence-corrected chi connectivity index (χ4v) is 2.23. The molecule has 0 radical (unpaired) electrons. The highest BCUT2D eigenvalue weighted by Crippen LogP contribution is 2.23. The molecule has 0 amide bonds. The van der Waals surface area contributed by atoms with E-state index in [1.165, 1.54) is 0 Å². The highest BCUT2D eigenvalue weighted by Gasteiger charge is 2.04. The van der Waals surface area contributed by atoms with Crippen molar-refractivity contribution in [3.05, 3.63) is 67.0 Å². The lowest BCUT2D eigenvalue weighted by molar-refractivity contribution is 0.447. The van der Waals surface area contributed by atoms with Crippen LogP contribution in [0, 0.1) is 0 Å². The summed E-state index contributed by atoms with van der Waals surface area (Å²) in [5.74, 6) is 1.03. The van der Waals surface area contributed by atoms with Gasteiger partial charge in [0.15, 0.2) is 0 Å². The van der Waals surface area contributed by atoms with E-state index in [4.69, 9.17) is 4.74 Å². The lowest BCUT2D eigenvalue weighted by atomic mass is 10.2. The second kappa shape index (κ2) is 5.29. The molecule has 0 aliphatic carbocycles. The number of H-pyrrole nitrogens is 1. The van der Waals surface area contributed by atoms with E-state index in [1.54, 1.807) is 12.4 Å². The van der Waals surface area contributed by atoms with E-state index >= 15 is 0 Å². The maximum atomic E-state index is 5.71. The summed E-state index contributed by atoms with van der Waals surface area (Å²) in [5.41, 5.74) is 2.77. The Morgan fingerprint density at radius 3 is 2.59 bits per heavy atom. The number of hydrogen-bond acceptors (Lipinski definition) is 4. The van der Waals surface area contributed by atoms with Gasteiger partial charge in [-0.3, -0.25) is 5.10 Å². The fraction of sp³-hybridized carbons (Fsp3) is 0. The van der Waals surface area contributed by atoms with Crippen molar-refractivity contribution < 1.29 is 4.74 Å². The Kier molecular flexibility index (Phi) is 3.01. The van der Waals surface area contributed by atoms with Gasteiger partial charge >= 0.3 is 0 Å². The van der Waals surface area contributed by atoms with Crippen molar-refractivity contribution >= 4 is 10.9 Å². The van der Waals surface area contributed by atoms with E-state index in [1.807, 2.05) is 54.6 Å². The molecule has 4 rings (SSSR count). The molecule has 0 spiro atoms. The zero-order valence-corrected chi connectivity index (χ0v) is 11.6. The minimum Gasteiger partial charge on any atom is -0.421 e. The van der Waals surface area contributed by atoms with E-state index in [0.717, 1.165) is 22.2 Å². The monoisotopic (exact) mass is 288 g/mol. The number of benzene rings is 1. The van der Waals surface area contributed by atoms with Gasteiger partial charge in [-0.1, -0.05) is 18.2 Å². The van der Waals surface area contributed by atoms with Gasteiger partial charge in [0.1, 0.15) is 0 Å². The average Bonchev–Trinajstić information content (AvgIpc) is 3.10. The Balaban J connectivity index is 1.59. The molecule has 0 aliphatic rings. The first-order chi connectivity index (χ1) is 10.9. The number of rotatable bonds is 3. The third-order valence-electron chi connectivity index (χ3n) is 3.33. The van der Waals surface area contributed by atoms with Crippen LogP contribution < -0.4 is 4.74 Å². The molecule has 1 N–H and O–H groups in total. The van der Waals surface area contributed by atoms with Crippen LogP contribution in [0.1, 0.15) is 0 Å². The molecule has 0 saturated heterocycles. The first kappa shape index (κ1) is 12.5. The lowest BCUT2D eigenvalue weighted by Crippen LogP contribution is -1.91. The van der Waals surface area contributed by atoms with Gasteiger partial charge in [0, 0.05) is 35.5 Å². The van der Waals surface area contributed by atoms with Crippen molar-refractivity contribution in [2.45, 2.75) is 0 Å². The van der Waals surface area contributed by atoms with E-state index < -0.39 is 0 Å². The van der Waals surface area contributed by atoms with Crippen molar-refractivity contribution in [1.29, 1.82) is 0 Å². The van der Waals surface area contributed by atoms with E-state index in [9.17, 15) is 0 Å². The molecular formula is C17H12N4O.